The van der Waals surface area contributed by atoms with E-state index in [1.807, 2.05) is 13.2 Å². The van der Waals surface area contributed by atoms with Gasteiger partial charge in [0, 0.05) is 12.1 Å². The lowest BCUT2D eigenvalue weighted by atomic mass is 10.2. The fourth-order valence-corrected chi connectivity index (χ4v) is 3.64. The smallest absolute Gasteiger partial charge is 0.241 e. The van der Waals surface area contributed by atoms with Crippen LogP contribution >= 0.6 is 11.8 Å². The molecule has 0 bridgehead atoms. The largest absolute Gasteiger partial charge is 0.320 e. The van der Waals surface area contributed by atoms with Gasteiger partial charge in [0.05, 0.1) is 11.4 Å². The van der Waals surface area contributed by atoms with Gasteiger partial charge in [0.2, 0.25) is 10.0 Å². The lowest BCUT2D eigenvalue weighted by Crippen LogP contribution is -2.29. The van der Waals surface area contributed by atoms with Gasteiger partial charge < -0.3 is 5.73 Å². The minimum atomic E-state index is -3.54. The Balaban J connectivity index is 2.92. The third kappa shape index (κ3) is 5.17. The van der Waals surface area contributed by atoms with Crippen molar-refractivity contribution in [2.24, 2.45) is 11.7 Å². The minimum Gasteiger partial charge on any atom is -0.320 e. The predicted molar refractivity (Wildman–Crippen MR) is 85.1 cm³/mol. The molecule has 3 N–H and O–H groups in total. The molecule has 0 fully saturated rings. The van der Waals surface area contributed by atoms with E-state index in [1.165, 1.54) is 0 Å². The molecule has 20 heavy (non-hydrogen) atoms. The van der Waals surface area contributed by atoms with E-state index in [0.717, 1.165) is 5.75 Å². The Morgan fingerprint density at radius 1 is 1.40 bits per heavy atom. The molecule has 4 nitrogen and oxygen atoms in total. The molecular formula is C14H20N2O2S2. The first-order valence-electron chi connectivity index (χ1n) is 6.28. The highest BCUT2D eigenvalue weighted by molar-refractivity contribution is 7.98. The van der Waals surface area contributed by atoms with Crippen molar-refractivity contribution >= 4 is 21.8 Å². The molecule has 0 aromatic heterocycles. The zero-order valence-corrected chi connectivity index (χ0v) is 13.4. The number of benzene rings is 1. The summed E-state index contributed by atoms with van der Waals surface area (Å²) in [6.45, 7) is 2.63. The van der Waals surface area contributed by atoms with Crippen molar-refractivity contribution < 1.29 is 8.42 Å². The summed E-state index contributed by atoms with van der Waals surface area (Å²) >= 11 is 1.70. The molecule has 0 amide bonds. The number of nitrogens with two attached hydrogens (primary N) is 1. The second-order valence-electron chi connectivity index (χ2n) is 4.41. The van der Waals surface area contributed by atoms with E-state index in [9.17, 15) is 8.42 Å². The molecule has 0 aliphatic carbocycles. The maximum Gasteiger partial charge on any atom is 0.241 e. The van der Waals surface area contributed by atoms with Crippen molar-refractivity contribution in [1.29, 1.82) is 0 Å². The van der Waals surface area contributed by atoms with Crippen molar-refractivity contribution in [3.05, 3.63) is 29.8 Å². The van der Waals surface area contributed by atoms with Gasteiger partial charge in [-0.25, -0.2) is 13.1 Å². The Morgan fingerprint density at radius 2 is 2.10 bits per heavy atom. The Labute approximate surface area is 125 Å². The maximum atomic E-state index is 12.3. The number of thioether (sulfide) groups is 1. The SMILES string of the molecule is CSCC(C)CNS(=O)(=O)c1ccccc1C#CCN. The molecule has 1 atom stereocenters. The van der Waals surface area contributed by atoms with Crippen LogP contribution in [0, 0.1) is 17.8 Å². The first-order chi connectivity index (χ1) is 9.51. The minimum absolute atomic E-state index is 0.201. The van der Waals surface area contributed by atoms with Crippen LogP contribution in [-0.2, 0) is 10.0 Å². The van der Waals surface area contributed by atoms with Crippen molar-refractivity contribution in [2.75, 3.05) is 25.1 Å². The normalized spacial score (nSPS) is 12.6. The van der Waals surface area contributed by atoms with E-state index >= 15 is 0 Å². The summed E-state index contributed by atoms with van der Waals surface area (Å²) < 4.78 is 27.3. The van der Waals surface area contributed by atoms with Crippen molar-refractivity contribution in [3.63, 3.8) is 0 Å². The summed E-state index contributed by atoms with van der Waals surface area (Å²) in [5.74, 6) is 6.67. The van der Waals surface area contributed by atoms with Crippen LogP contribution in [0.15, 0.2) is 29.2 Å². The number of sulfonamides is 1. The van der Waals surface area contributed by atoms with Gasteiger partial charge in [-0.2, -0.15) is 11.8 Å². The van der Waals surface area contributed by atoms with Gasteiger partial charge in [-0.3, -0.25) is 0 Å². The molecule has 0 aliphatic heterocycles. The Bertz CT molecular complexity index is 589. The second-order valence-corrected chi connectivity index (χ2v) is 7.06. The van der Waals surface area contributed by atoms with E-state index in [-0.39, 0.29) is 17.4 Å². The molecule has 0 spiro atoms. The van der Waals surface area contributed by atoms with Gasteiger partial charge in [-0.15, -0.1) is 0 Å². The number of hydrogen-bond donors (Lipinski definition) is 2. The third-order valence-electron chi connectivity index (χ3n) is 2.57. The van der Waals surface area contributed by atoms with Crippen LogP contribution in [0.25, 0.3) is 0 Å². The molecule has 1 aromatic rings. The Morgan fingerprint density at radius 3 is 2.75 bits per heavy atom. The van der Waals surface area contributed by atoms with Crippen molar-refractivity contribution in [2.45, 2.75) is 11.8 Å². The predicted octanol–water partition coefficient (Wildman–Crippen LogP) is 1.27. The molecular weight excluding hydrogens is 292 g/mol. The van der Waals surface area contributed by atoms with Gasteiger partial charge in [0.25, 0.3) is 0 Å². The lowest BCUT2D eigenvalue weighted by molar-refractivity contribution is 0.562. The first kappa shape index (κ1) is 17.1. The average molecular weight is 312 g/mol. The zero-order chi connectivity index (χ0) is 15.0. The van der Waals surface area contributed by atoms with Crippen LogP contribution in [-0.4, -0.2) is 33.5 Å². The van der Waals surface area contributed by atoms with E-state index in [2.05, 4.69) is 16.6 Å². The average Bonchev–Trinajstić information content (AvgIpc) is 2.44. The quantitative estimate of drug-likeness (QED) is 0.776. The number of nitrogens with one attached hydrogen (secondary N) is 1. The molecule has 0 aliphatic rings. The number of rotatable bonds is 6. The highest BCUT2D eigenvalue weighted by Gasteiger charge is 2.17. The van der Waals surface area contributed by atoms with Crippen LogP contribution in [0.5, 0.6) is 0 Å². The summed E-state index contributed by atoms with van der Waals surface area (Å²) in [5.41, 5.74) is 5.80. The monoisotopic (exact) mass is 312 g/mol. The van der Waals surface area contributed by atoms with Crippen LogP contribution in [0.2, 0.25) is 0 Å². The Kier molecular flexibility index (Phi) is 7.10. The fourth-order valence-electron chi connectivity index (χ4n) is 1.62. The topological polar surface area (TPSA) is 72.2 Å². The molecule has 6 heteroatoms. The van der Waals surface area contributed by atoms with Crippen LogP contribution < -0.4 is 10.5 Å². The summed E-state index contributed by atoms with van der Waals surface area (Å²) in [6, 6.07) is 6.69. The molecule has 0 heterocycles. The van der Waals surface area contributed by atoms with E-state index in [1.54, 1.807) is 36.0 Å². The standard InChI is InChI=1S/C14H20N2O2S2/c1-12(11-19-2)10-16-20(17,18)14-8-4-3-6-13(14)7-5-9-15/h3-4,6,8,12,16H,9-11,15H2,1-2H3. The summed E-state index contributed by atoms with van der Waals surface area (Å²) in [4.78, 5) is 0.206. The molecule has 0 saturated heterocycles. The van der Waals surface area contributed by atoms with E-state index in [0.29, 0.717) is 12.1 Å². The summed E-state index contributed by atoms with van der Waals surface area (Å²) in [5, 5.41) is 0. The van der Waals surface area contributed by atoms with Gasteiger partial charge in [0.1, 0.15) is 0 Å². The lowest BCUT2D eigenvalue weighted by Gasteiger charge is -2.12. The molecule has 0 saturated carbocycles. The van der Waals surface area contributed by atoms with Crippen LogP contribution in [0.1, 0.15) is 12.5 Å². The first-order valence-corrected chi connectivity index (χ1v) is 9.15. The molecule has 110 valence electrons. The van der Waals surface area contributed by atoms with Gasteiger partial charge in [-0.1, -0.05) is 30.9 Å². The molecule has 0 radical (unpaired) electrons. The van der Waals surface area contributed by atoms with Gasteiger partial charge in [-0.05, 0) is 30.1 Å². The van der Waals surface area contributed by atoms with Crippen molar-refractivity contribution in [3.8, 4) is 11.8 Å². The van der Waals surface area contributed by atoms with Crippen molar-refractivity contribution in [1.82, 2.24) is 4.72 Å². The maximum absolute atomic E-state index is 12.3. The summed E-state index contributed by atoms with van der Waals surface area (Å²) in [6.07, 6.45) is 2.00. The molecule has 1 aromatic carbocycles. The molecule has 1 rings (SSSR count). The third-order valence-corrected chi connectivity index (χ3v) is 4.96. The fraction of sp³-hybridized carbons (Fsp3) is 0.429. The van der Waals surface area contributed by atoms with Crippen LogP contribution in [0.4, 0.5) is 0 Å². The van der Waals surface area contributed by atoms with Gasteiger partial charge >= 0.3 is 0 Å². The Hall–Kier alpha value is -1.00. The molecule has 1 unspecified atom stereocenters. The van der Waals surface area contributed by atoms with E-state index in [4.69, 9.17) is 5.73 Å². The van der Waals surface area contributed by atoms with E-state index < -0.39 is 10.0 Å². The summed E-state index contributed by atoms with van der Waals surface area (Å²) in [7, 11) is -3.54. The highest BCUT2D eigenvalue weighted by atomic mass is 32.2. The zero-order valence-electron chi connectivity index (χ0n) is 11.7. The van der Waals surface area contributed by atoms with Crippen LogP contribution in [0.3, 0.4) is 0 Å². The number of hydrogen-bond acceptors (Lipinski definition) is 4. The highest BCUT2D eigenvalue weighted by Crippen LogP contribution is 2.14. The second kappa shape index (κ2) is 8.32. The van der Waals surface area contributed by atoms with Gasteiger partial charge in [0.15, 0.2) is 0 Å².